The number of rotatable bonds is 2. The van der Waals surface area contributed by atoms with E-state index >= 15 is 0 Å². The molecule has 0 fully saturated rings. The Labute approximate surface area is 131 Å². The van der Waals surface area contributed by atoms with E-state index in [9.17, 15) is 4.79 Å². The summed E-state index contributed by atoms with van der Waals surface area (Å²) in [5.74, 6) is 0.605. The van der Waals surface area contributed by atoms with Gasteiger partial charge in [-0.15, -0.1) is 0 Å². The summed E-state index contributed by atoms with van der Waals surface area (Å²) in [4.78, 5) is 20.9. The van der Waals surface area contributed by atoms with Crippen LogP contribution in [0.5, 0.6) is 0 Å². The number of nitrogens with zero attached hydrogens (tertiary/aromatic N) is 2. The van der Waals surface area contributed by atoms with Crippen LogP contribution < -0.4 is 5.56 Å². The molecule has 0 unspecified atom stereocenters. The fraction of sp³-hybridized carbons (Fsp3) is 0.118. The lowest BCUT2D eigenvalue weighted by molar-refractivity contribution is 1.13. The first-order valence-electron chi connectivity index (χ1n) is 7.13. The van der Waals surface area contributed by atoms with Gasteiger partial charge in [-0.05, 0) is 41.2 Å². The number of fused-ring (bicyclic) bond motifs is 3. The van der Waals surface area contributed by atoms with Gasteiger partial charge >= 0.3 is 0 Å². The molecule has 5 heteroatoms. The van der Waals surface area contributed by atoms with Gasteiger partial charge in [0, 0.05) is 11.8 Å². The van der Waals surface area contributed by atoms with Crippen LogP contribution in [-0.2, 0) is 6.42 Å². The summed E-state index contributed by atoms with van der Waals surface area (Å²) >= 11 is 1.32. The molecular weight excluding hydrogens is 294 g/mol. The maximum Gasteiger partial charge on any atom is 0.260 e. The highest BCUT2D eigenvalue weighted by atomic mass is 32.1. The molecule has 1 aliphatic carbocycles. The third kappa shape index (κ3) is 2.02. The third-order valence-electron chi connectivity index (χ3n) is 3.82. The fourth-order valence-electron chi connectivity index (χ4n) is 2.62. The summed E-state index contributed by atoms with van der Waals surface area (Å²) in [7, 11) is 0. The summed E-state index contributed by atoms with van der Waals surface area (Å²) in [6, 6.07) is 12.0. The maximum atomic E-state index is 12.5. The fourth-order valence-corrected chi connectivity index (χ4v) is 3.37. The number of benzene rings is 1. The highest BCUT2D eigenvalue weighted by molar-refractivity contribution is 7.10. The molecule has 1 aromatic carbocycles. The number of aromatic nitrogens is 3. The van der Waals surface area contributed by atoms with Gasteiger partial charge in [-0.1, -0.05) is 31.2 Å². The lowest BCUT2D eigenvalue weighted by atomic mass is 10.1. The van der Waals surface area contributed by atoms with Gasteiger partial charge in [0.15, 0.2) is 0 Å². The molecule has 0 atom stereocenters. The molecule has 0 radical (unpaired) electrons. The number of H-pyrrole nitrogens is 1. The van der Waals surface area contributed by atoms with E-state index in [4.69, 9.17) is 0 Å². The van der Waals surface area contributed by atoms with Crippen LogP contribution in [-0.4, -0.2) is 14.3 Å². The third-order valence-corrected chi connectivity index (χ3v) is 4.67. The molecule has 108 valence electrons. The Kier molecular flexibility index (Phi) is 3.01. The van der Waals surface area contributed by atoms with Gasteiger partial charge in [0.1, 0.15) is 5.82 Å². The van der Waals surface area contributed by atoms with Gasteiger partial charge in [0.05, 0.1) is 15.8 Å². The van der Waals surface area contributed by atoms with Crippen molar-refractivity contribution >= 4 is 22.4 Å². The number of hydrogen-bond acceptors (Lipinski definition) is 4. The van der Waals surface area contributed by atoms with Crippen molar-refractivity contribution in [3.63, 3.8) is 0 Å². The zero-order chi connectivity index (χ0) is 15.1. The molecule has 0 saturated heterocycles. The van der Waals surface area contributed by atoms with Crippen LogP contribution in [0, 0.1) is 0 Å². The van der Waals surface area contributed by atoms with E-state index in [2.05, 4.69) is 33.4 Å². The first-order valence-corrected chi connectivity index (χ1v) is 7.90. The summed E-state index contributed by atoms with van der Waals surface area (Å²) in [5, 5.41) is 0.627. The minimum absolute atomic E-state index is 0.112. The van der Waals surface area contributed by atoms with E-state index in [-0.39, 0.29) is 5.56 Å². The van der Waals surface area contributed by atoms with E-state index in [1.807, 2.05) is 24.3 Å². The van der Waals surface area contributed by atoms with Crippen molar-refractivity contribution in [2.24, 2.45) is 0 Å². The van der Waals surface area contributed by atoms with Crippen LogP contribution in [0.3, 0.4) is 0 Å². The molecule has 2 aromatic rings. The second-order valence-electron chi connectivity index (χ2n) is 5.17. The summed E-state index contributed by atoms with van der Waals surface area (Å²) in [6.45, 7) is 2.12. The van der Waals surface area contributed by atoms with Crippen LogP contribution >= 0.6 is 11.5 Å². The van der Waals surface area contributed by atoms with Crippen LogP contribution in [0.25, 0.3) is 32.7 Å². The van der Waals surface area contributed by atoms with Crippen LogP contribution in [0.4, 0.5) is 0 Å². The smallest absolute Gasteiger partial charge is 0.260 e. The summed E-state index contributed by atoms with van der Waals surface area (Å²) in [6.07, 6.45) is 2.73. The topological polar surface area (TPSA) is 58.6 Å². The maximum absolute atomic E-state index is 12.5. The van der Waals surface area contributed by atoms with Crippen LogP contribution in [0.1, 0.15) is 12.5 Å². The molecule has 4 nitrogen and oxygen atoms in total. The molecule has 0 bridgehead atoms. The van der Waals surface area contributed by atoms with E-state index < -0.39 is 0 Å². The highest BCUT2D eigenvalue weighted by Crippen LogP contribution is 2.33. The Balaban J connectivity index is 1.94. The largest absolute Gasteiger partial charge is 0.306 e. The van der Waals surface area contributed by atoms with Crippen molar-refractivity contribution in [2.45, 2.75) is 13.3 Å². The number of nitrogens with one attached hydrogen (secondary N) is 1. The van der Waals surface area contributed by atoms with Crippen molar-refractivity contribution in [2.75, 3.05) is 0 Å². The van der Waals surface area contributed by atoms with Crippen molar-refractivity contribution in [3.05, 3.63) is 58.5 Å². The standard InChI is InChI=1S/C17H13N3OS/c1-2-10-3-5-11(6-4-10)16-19-13-9-12-7-8-18-22-15(12)14(13)17(21)20-16/h3-9H,2H2,1H3,(H,19,20,21). The zero-order valence-electron chi connectivity index (χ0n) is 12.0. The average Bonchev–Trinajstić information content (AvgIpc) is 2.93. The van der Waals surface area contributed by atoms with Crippen molar-refractivity contribution in [3.8, 4) is 21.8 Å². The van der Waals surface area contributed by atoms with Crippen molar-refractivity contribution in [1.82, 2.24) is 14.3 Å². The number of aryl methyl sites for hydroxylation is 1. The zero-order valence-corrected chi connectivity index (χ0v) is 12.8. The monoisotopic (exact) mass is 307 g/mol. The Morgan fingerprint density at radius 2 is 1.95 bits per heavy atom. The average molecular weight is 307 g/mol. The van der Waals surface area contributed by atoms with Gasteiger partial charge in [-0.25, -0.2) is 9.36 Å². The van der Waals surface area contributed by atoms with Crippen molar-refractivity contribution in [1.29, 1.82) is 0 Å². The Morgan fingerprint density at radius 1 is 1.14 bits per heavy atom. The van der Waals surface area contributed by atoms with E-state index in [0.29, 0.717) is 11.2 Å². The Morgan fingerprint density at radius 3 is 2.73 bits per heavy atom. The Hall–Kier alpha value is -2.53. The predicted octanol–water partition coefficient (Wildman–Crippen LogP) is 3.71. The normalized spacial score (nSPS) is 11.3. The minimum Gasteiger partial charge on any atom is -0.306 e. The van der Waals surface area contributed by atoms with Gasteiger partial charge in [0.25, 0.3) is 5.56 Å². The van der Waals surface area contributed by atoms with Gasteiger partial charge < -0.3 is 4.98 Å². The second kappa shape index (κ2) is 5.03. The van der Waals surface area contributed by atoms with E-state index in [0.717, 1.165) is 27.9 Å². The van der Waals surface area contributed by atoms with Crippen LogP contribution in [0.2, 0.25) is 0 Å². The molecule has 0 amide bonds. The van der Waals surface area contributed by atoms with Gasteiger partial charge in [-0.3, -0.25) is 4.79 Å². The summed E-state index contributed by atoms with van der Waals surface area (Å²) < 4.78 is 4.14. The molecule has 0 saturated carbocycles. The lowest BCUT2D eigenvalue weighted by Crippen LogP contribution is -2.08. The summed E-state index contributed by atoms with van der Waals surface area (Å²) in [5.41, 5.74) is 3.80. The molecule has 22 heavy (non-hydrogen) atoms. The quantitative estimate of drug-likeness (QED) is 0.614. The van der Waals surface area contributed by atoms with E-state index in [1.165, 1.54) is 17.1 Å². The Bertz CT molecular complexity index is 985. The first-order chi connectivity index (χ1) is 10.8. The minimum atomic E-state index is -0.112. The van der Waals surface area contributed by atoms with Gasteiger partial charge in [0.2, 0.25) is 0 Å². The highest BCUT2D eigenvalue weighted by Gasteiger charge is 2.16. The number of hydrogen-bond donors (Lipinski definition) is 1. The number of aromatic amines is 1. The second-order valence-corrected chi connectivity index (χ2v) is 5.97. The predicted molar refractivity (Wildman–Crippen MR) is 89.5 cm³/mol. The molecule has 1 aromatic heterocycles. The molecule has 1 aliphatic heterocycles. The van der Waals surface area contributed by atoms with Crippen molar-refractivity contribution < 1.29 is 0 Å². The molecule has 2 heterocycles. The first kappa shape index (κ1) is 13.2. The molecule has 4 rings (SSSR count). The molecule has 2 aliphatic rings. The molecule has 1 N–H and O–H groups in total. The molecular formula is C17H13N3OS. The molecule has 0 spiro atoms. The van der Waals surface area contributed by atoms with Crippen LogP contribution in [0.15, 0.2) is 47.4 Å². The van der Waals surface area contributed by atoms with E-state index in [1.54, 1.807) is 6.20 Å². The SMILES string of the molecule is CCc1ccc(-c2nc3cc4ccnsc-4c3c(=O)[nH]2)cc1. The van der Waals surface area contributed by atoms with Gasteiger partial charge in [-0.2, -0.15) is 0 Å². The lowest BCUT2D eigenvalue weighted by Gasteiger charge is -2.03.